The fourth-order valence-electron chi connectivity index (χ4n) is 2.16. The van der Waals surface area contributed by atoms with Crippen LogP contribution >= 0.6 is 0 Å². The lowest BCUT2D eigenvalue weighted by atomic mass is 10.0. The van der Waals surface area contributed by atoms with Crippen molar-refractivity contribution in [2.45, 2.75) is 31.8 Å². The van der Waals surface area contributed by atoms with Crippen LogP contribution in [0.15, 0.2) is 6.07 Å². The van der Waals surface area contributed by atoms with E-state index in [0.717, 1.165) is 31.5 Å². The van der Waals surface area contributed by atoms with Crippen LogP contribution in [0, 0.1) is 0 Å². The predicted octanol–water partition coefficient (Wildman–Crippen LogP) is 0.766. The van der Waals surface area contributed by atoms with Gasteiger partial charge in [-0.05, 0) is 25.5 Å². The van der Waals surface area contributed by atoms with E-state index in [1.807, 2.05) is 0 Å². The second-order valence-corrected chi connectivity index (χ2v) is 4.23. The highest BCUT2D eigenvalue weighted by molar-refractivity contribution is 5.91. The maximum absolute atomic E-state index is 12.3. The molecule has 1 saturated heterocycles. The van der Waals surface area contributed by atoms with Crippen molar-refractivity contribution in [3.8, 4) is 0 Å². The first kappa shape index (κ1) is 12.0. The highest BCUT2D eigenvalue weighted by atomic mass is 19.1. The number of carbonyl (C=O) groups excluding carboxylic acids is 1. The quantitative estimate of drug-likeness (QED) is 0.816. The molecule has 1 atom stereocenters. The molecule has 2 rings (SSSR count). The molecule has 0 spiro atoms. The van der Waals surface area contributed by atoms with Gasteiger partial charge in [0, 0.05) is 0 Å². The number of rotatable bonds is 4. The molecule has 3 N–H and O–H groups in total. The summed E-state index contributed by atoms with van der Waals surface area (Å²) in [6.07, 6.45) is 3.29. The number of nitrogens with one attached hydrogen (secondary N) is 1. The Hall–Kier alpha value is -1.43. The Balaban J connectivity index is 2.22. The van der Waals surface area contributed by atoms with Gasteiger partial charge in [0.1, 0.15) is 12.4 Å². The van der Waals surface area contributed by atoms with Crippen LogP contribution in [0.1, 0.15) is 41.5 Å². The molecule has 0 unspecified atom stereocenters. The third kappa shape index (κ3) is 2.63. The molecule has 94 valence electrons. The summed E-state index contributed by atoms with van der Waals surface area (Å²) in [5.74, 6) is -0.562. The van der Waals surface area contributed by atoms with Gasteiger partial charge in [-0.25, -0.2) is 4.39 Å². The molecular weight excluding hydrogens is 223 g/mol. The molecule has 5 nitrogen and oxygen atoms in total. The van der Waals surface area contributed by atoms with Crippen molar-refractivity contribution in [3.63, 3.8) is 0 Å². The fraction of sp³-hybridized carbons (Fsp3) is 0.636. The van der Waals surface area contributed by atoms with Gasteiger partial charge in [-0.3, -0.25) is 9.48 Å². The van der Waals surface area contributed by atoms with Crippen molar-refractivity contribution in [1.82, 2.24) is 15.1 Å². The van der Waals surface area contributed by atoms with Crippen LogP contribution in [-0.4, -0.2) is 28.9 Å². The maximum atomic E-state index is 12.3. The molecule has 1 fully saturated rings. The Morgan fingerprint density at radius 2 is 2.47 bits per heavy atom. The molecule has 0 radical (unpaired) electrons. The van der Waals surface area contributed by atoms with E-state index in [9.17, 15) is 9.18 Å². The predicted molar refractivity (Wildman–Crippen MR) is 61.3 cm³/mol. The van der Waals surface area contributed by atoms with Crippen LogP contribution in [0.5, 0.6) is 0 Å². The van der Waals surface area contributed by atoms with Gasteiger partial charge in [0.15, 0.2) is 0 Å². The first-order valence-electron chi connectivity index (χ1n) is 5.89. The number of alkyl halides is 1. The number of hydrogen-bond donors (Lipinski definition) is 2. The van der Waals surface area contributed by atoms with E-state index >= 15 is 0 Å². The number of halogens is 1. The van der Waals surface area contributed by atoms with E-state index in [2.05, 4.69) is 10.4 Å². The average Bonchev–Trinajstić information content (AvgIpc) is 2.75. The van der Waals surface area contributed by atoms with Gasteiger partial charge in [-0.1, -0.05) is 6.42 Å². The van der Waals surface area contributed by atoms with Crippen LogP contribution in [0.2, 0.25) is 0 Å². The largest absolute Gasteiger partial charge is 0.364 e. The third-order valence-corrected chi connectivity index (χ3v) is 3.01. The fourth-order valence-corrected chi connectivity index (χ4v) is 2.16. The molecule has 0 aliphatic carbocycles. The van der Waals surface area contributed by atoms with Crippen molar-refractivity contribution >= 4 is 5.91 Å². The zero-order valence-electron chi connectivity index (χ0n) is 9.66. The Morgan fingerprint density at radius 3 is 3.06 bits per heavy atom. The van der Waals surface area contributed by atoms with Crippen LogP contribution in [0.25, 0.3) is 0 Å². The summed E-state index contributed by atoms with van der Waals surface area (Å²) in [4.78, 5) is 11.2. The van der Waals surface area contributed by atoms with E-state index in [4.69, 9.17) is 5.73 Å². The molecular formula is C11H17FN4O. The van der Waals surface area contributed by atoms with Crippen molar-refractivity contribution in [1.29, 1.82) is 0 Å². The number of carbonyl (C=O) groups is 1. The number of amides is 1. The van der Waals surface area contributed by atoms with Crippen LogP contribution in [-0.2, 0) is 6.54 Å². The summed E-state index contributed by atoms with van der Waals surface area (Å²) in [6, 6.07) is 1.82. The molecule has 1 amide bonds. The van der Waals surface area contributed by atoms with Gasteiger partial charge in [0.2, 0.25) is 0 Å². The molecule has 17 heavy (non-hydrogen) atoms. The monoisotopic (exact) mass is 240 g/mol. The number of hydrogen-bond acceptors (Lipinski definition) is 3. The first-order chi connectivity index (χ1) is 8.22. The molecule has 1 aliphatic rings. The molecule has 6 heteroatoms. The number of primary amides is 1. The lowest BCUT2D eigenvalue weighted by Crippen LogP contribution is -2.27. The van der Waals surface area contributed by atoms with Gasteiger partial charge in [-0.15, -0.1) is 0 Å². The second kappa shape index (κ2) is 5.27. The topological polar surface area (TPSA) is 72.9 Å². The minimum atomic E-state index is -0.562. The van der Waals surface area contributed by atoms with Crippen LogP contribution < -0.4 is 11.1 Å². The zero-order chi connectivity index (χ0) is 12.3. The summed E-state index contributed by atoms with van der Waals surface area (Å²) < 4.78 is 13.7. The molecule has 0 saturated carbocycles. The minimum absolute atomic E-state index is 0.0744. The maximum Gasteiger partial charge on any atom is 0.266 e. The van der Waals surface area contributed by atoms with Crippen molar-refractivity contribution in [2.75, 3.05) is 13.2 Å². The molecule has 1 aromatic heterocycles. The molecule has 0 bridgehead atoms. The van der Waals surface area contributed by atoms with Gasteiger partial charge in [-0.2, -0.15) is 5.10 Å². The summed E-state index contributed by atoms with van der Waals surface area (Å²) in [7, 11) is 0. The molecule has 0 aromatic carbocycles. The van der Waals surface area contributed by atoms with Gasteiger partial charge < -0.3 is 11.1 Å². The summed E-state index contributed by atoms with van der Waals surface area (Å²) in [6.45, 7) is 0.469. The summed E-state index contributed by atoms with van der Waals surface area (Å²) in [5, 5.41) is 7.59. The number of aryl methyl sites for hydroxylation is 1. The summed E-state index contributed by atoms with van der Waals surface area (Å²) >= 11 is 0. The Labute approximate surface area is 99.2 Å². The van der Waals surface area contributed by atoms with E-state index < -0.39 is 12.6 Å². The van der Waals surface area contributed by atoms with Crippen LogP contribution in [0.3, 0.4) is 0 Å². The first-order valence-corrected chi connectivity index (χ1v) is 5.89. The standard InChI is InChI=1S/C11H17FN4O/c12-4-6-16-10(11(13)17)7-9(15-16)8-3-1-2-5-14-8/h7-8,14H,1-6H2,(H2,13,17)/t8-/m0/s1. The highest BCUT2D eigenvalue weighted by Gasteiger charge is 2.20. The van der Waals surface area contributed by atoms with Crippen molar-refractivity contribution in [2.24, 2.45) is 5.73 Å². The second-order valence-electron chi connectivity index (χ2n) is 4.23. The normalized spacial score (nSPS) is 20.4. The Bertz CT molecular complexity index is 398. The zero-order valence-corrected chi connectivity index (χ0v) is 9.66. The van der Waals surface area contributed by atoms with E-state index in [1.54, 1.807) is 6.07 Å². The van der Waals surface area contributed by atoms with Crippen LogP contribution in [0.4, 0.5) is 4.39 Å². The van der Waals surface area contributed by atoms with Crippen molar-refractivity contribution < 1.29 is 9.18 Å². The minimum Gasteiger partial charge on any atom is -0.364 e. The summed E-state index contributed by atoms with van der Waals surface area (Å²) in [5.41, 5.74) is 6.31. The van der Waals surface area contributed by atoms with E-state index in [1.165, 1.54) is 4.68 Å². The molecule has 1 aliphatic heterocycles. The van der Waals surface area contributed by atoms with Gasteiger partial charge >= 0.3 is 0 Å². The Morgan fingerprint density at radius 1 is 1.65 bits per heavy atom. The lowest BCUT2D eigenvalue weighted by molar-refractivity contribution is 0.0989. The van der Waals surface area contributed by atoms with E-state index in [0.29, 0.717) is 0 Å². The SMILES string of the molecule is NC(=O)c1cc([C@@H]2CCCCN2)nn1CCF. The smallest absolute Gasteiger partial charge is 0.266 e. The Kier molecular flexibility index (Phi) is 3.73. The van der Waals surface area contributed by atoms with E-state index in [-0.39, 0.29) is 18.3 Å². The molecule has 2 heterocycles. The molecule has 1 aromatic rings. The van der Waals surface area contributed by atoms with Crippen molar-refractivity contribution in [3.05, 3.63) is 17.5 Å². The lowest BCUT2D eigenvalue weighted by Gasteiger charge is -2.21. The number of nitrogens with two attached hydrogens (primary N) is 1. The van der Waals surface area contributed by atoms with Gasteiger partial charge in [0.05, 0.1) is 18.3 Å². The number of piperidine rings is 1. The average molecular weight is 240 g/mol. The third-order valence-electron chi connectivity index (χ3n) is 3.01. The highest BCUT2D eigenvalue weighted by Crippen LogP contribution is 2.22. The number of nitrogens with zero attached hydrogens (tertiary/aromatic N) is 2. The van der Waals surface area contributed by atoms with Gasteiger partial charge in [0.25, 0.3) is 5.91 Å². The number of aromatic nitrogens is 2.